The topological polar surface area (TPSA) is 31.6 Å². The molecule has 0 aliphatic carbocycles. The molecule has 0 unspecified atom stereocenters. The van der Waals surface area contributed by atoms with Gasteiger partial charge in [-0.1, -0.05) is 17.7 Å². The van der Waals surface area contributed by atoms with Crippen molar-refractivity contribution < 1.29 is 4.42 Å². The Morgan fingerprint density at radius 3 is 2.68 bits per heavy atom. The van der Waals surface area contributed by atoms with Crippen molar-refractivity contribution in [1.29, 1.82) is 0 Å². The largest absolute Gasteiger partial charge is 0.468 e. The maximum atomic E-state index is 6.07. The lowest BCUT2D eigenvalue weighted by molar-refractivity contribution is 0.256. The van der Waals surface area contributed by atoms with Crippen LogP contribution in [-0.4, -0.2) is 44.2 Å². The van der Waals surface area contributed by atoms with Crippen LogP contribution in [-0.2, 0) is 6.54 Å². The van der Waals surface area contributed by atoms with Crippen LogP contribution in [0.25, 0.3) is 0 Å². The van der Waals surface area contributed by atoms with Gasteiger partial charge in [0.15, 0.2) is 0 Å². The van der Waals surface area contributed by atoms with E-state index in [4.69, 9.17) is 16.0 Å². The minimum Gasteiger partial charge on any atom is -0.468 e. The number of anilines is 1. The highest BCUT2D eigenvalue weighted by Crippen LogP contribution is 2.20. The third kappa shape index (κ3) is 4.26. The van der Waals surface area contributed by atoms with E-state index in [2.05, 4.69) is 21.2 Å². The van der Waals surface area contributed by atoms with Crippen LogP contribution >= 0.6 is 11.6 Å². The quantitative estimate of drug-likeness (QED) is 0.830. The summed E-state index contributed by atoms with van der Waals surface area (Å²) in [6, 6.07) is 12.0. The van der Waals surface area contributed by atoms with Gasteiger partial charge in [-0.2, -0.15) is 0 Å². The smallest absolute Gasteiger partial charge is 0.117 e. The molecule has 1 fully saturated rings. The Labute approximate surface area is 136 Å². The SMILES string of the molecule is Clc1cccc(N2CCN(CCNCc3ccco3)CC2)c1. The molecular weight excluding hydrogens is 298 g/mol. The highest BCUT2D eigenvalue weighted by molar-refractivity contribution is 6.30. The first-order valence-electron chi connectivity index (χ1n) is 7.77. The molecule has 0 amide bonds. The van der Waals surface area contributed by atoms with Crippen LogP contribution in [0.3, 0.4) is 0 Å². The van der Waals surface area contributed by atoms with Gasteiger partial charge >= 0.3 is 0 Å². The van der Waals surface area contributed by atoms with Gasteiger partial charge in [-0.05, 0) is 30.3 Å². The van der Waals surface area contributed by atoms with E-state index < -0.39 is 0 Å². The Kier molecular flexibility index (Phi) is 5.38. The van der Waals surface area contributed by atoms with Crippen molar-refractivity contribution in [2.45, 2.75) is 6.54 Å². The first-order valence-corrected chi connectivity index (χ1v) is 8.15. The molecule has 2 aromatic rings. The summed E-state index contributed by atoms with van der Waals surface area (Å²) in [6.45, 7) is 7.15. The van der Waals surface area contributed by atoms with Gasteiger partial charge in [0.05, 0.1) is 12.8 Å². The predicted molar refractivity (Wildman–Crippen MR) is 90.5 cm³/mol. The van der Waals surface area contributed by atoms with Crippen molar-refractivity contribution in [1.82, 2.24) is 10.2 Å². The number of hydrogen-bond donors (Lipinski definition) is 1. The van der Waals surface area contributed by atoms with Crippen LogP contribution < -0.4 is 10.2 Å². The molecule has 1 aromatic heterocycles. The molecule has 3 rings (SSSR count). The van der Waals surface area contributed by atoms with Crippen LogP contribution in [0.15, 0.2) is 47.1 Å². The molecule has 0 radical (unpaired) electrons. The molecule has 1 N–H and O–H groups in total. The van der Waals surface area contributed by atoms with Crippen LogP contribution in [0, 0.1) is 0 Å². The van der Waals surface area contributed by atoms with Crippen LogP contribution in [0.4, 0.5) is 5.69 Å². The molecular formula is C17H22ClN3O. The molecule has 118 valence electrons. The molecule has 1 saturated heterocycles. The van der Waals surface area contributed by atoms with Gasteiger partial charge in [0.2, 0.25) is 0 Å². The third-order valence-corrected chi connectivity index (χ3v) is 4.26. The summed E-state index contributed by atoms with van der Waals surface area (Å²) in [5.41, 5.74) is 1.23. The number of furan rings is 1. The summed E-state index contributed by atoms with van der Waals surface area (Å²) in [6.07, 6.45) is 1.71. The van der Waals surface area contributed by atoms with Gasteiger partial charge in [0.25, 0.3) is 0 Å². The fourth-order valence-corrected chi connectivity index (χ4v) is 2.95. The number of rotatable bonds is 6. The fraction of sp³-hybridized carbons (Fsp3) is 0.412. The van der Waals surface area contributed by atoms with Gasteiger partial charge in [0.1, 0.15) is 5.76 Å². The molecule has 2 heterocycles. The normalized spacial score (nSPS) is 16.1. The summed E-state index contributed by atoms with van der Waals surface area (Å²) < 4.78 is 5.30. The van der Waals surface area contributed by atoms with Gasteiger partial charge in [0, 0.05) is 50.0 Å². The fourth-order valence-electron chi connectivity index (χ4n) is 2.76. The van der Waals surface area contributed by atoms with E-state index in [1.54, 1.807) is 6.26 Å². The van der Waals surface area contributed by atoms with E-state index in [1.165, 1.54) is 5.69 Å². The molecule has 1 aliphatic heterocycles. The second kappa shape index (κ2) is 7.68. The zero-order valence-corrected chi connectivity index (χ0v) is 13.4. The van der Waals surface area contributed by atoms with Crippen molar-refractivity contribution in [2.75, 3.05) is 44.2 Å². The van der Waals surface area contributed by atoms with E-state index in [9.17, 15) is 0 Å². The van der Waals surface area contributed by atoms with E-state index in [0.29, 0.717) is 0 Å². The van der Waals surface area contributed by atoms with Crippen molar-refractivity contribution in [2.24, 2.45) is 0 Å². The van der Waals surface area contributed by atoms with E-state index in [1.807, 2.05) is 30.3 Å². The maximum Gasteiger partial charge on any atom is 0.117 e. The number of nitrogens with zero attached hydrogens (tertiary/aromatic N) is 2. The molecule has 5 heteroatoms. The third-order valence-electron chi connectivity index (χ3n) is 4.03. The number of piperazine rings is 1. The second-order valence-corrected chi connectivity index (χ2v) is 6.00. The molecule has 0 atom stereocenters. The molecule has 0 bridgehead atoms. The van der Waals surface area contributed by atoms with Crippen LogP contribution in [0.2, 0.25) is 5.02 Å². The number of hydrogen-bond acceptors (Lipinski definition) is 4. The van der Waals surface area contributed by atoms with Crippen LogP contribution in [0.5, 0.6) is 0 Å². The summed E-state index contributed by atoms with van der Waals surface area (Å²) in [5.74, 6) is 0.991. The van der Waals surface area contributed by atoms with Gasteiger partial charge in [-0.3, -0.25) is 4.90 Å². The van der Waals surface area contributed by atoms with Crippen molar-refractivity contribution >= 4 is 17.3 Å². The minimum atomic E-state index is 0.801. The zero-order chi connectivity index (χ0) is 15.2. The van der Waals surface area contributed by atoms with Crippen molar-refractivity contribution in [3.8, 4) is 0 Å². The Morgan fingerprint density at radius 2 is 1.95 bits per heavy atom. The molecule has 0 saturated carbocycles. The second-order valence-electron chi connectivity index (χ2n) is 5.56. The Hall–Kier alpha value is -1.49. The standard InChI is InChI=1S/C17H22ClN3O/c18-15-3-1-4-16(13-15)21-10-8-20(9-11-21)7-6-19-14-17-5-2-12-22-17/h1-5,12-13,19H,6-11,14H2. The first-order chi connectivity index (χ1) is 10.8. The molecule has 0 spiro atoms. The Morgan fingerprint density at radius 1 is 1.09 bits per heavy atom. The highest BCUT2D eigenvalue weighted by atomic mass is 35.5. The average Bonchev–Trinajstić information content (AvgIpc) is 3.06. The molecule has 4 nitrogen and oxygen atoms in total. The summed E-state index contributed by atoms with van der Waals surface area (Å²) >= 11 is 6.07. The number of halogens is 1. The van der Waals surface area contributed by atoms with E-state index >= 15 is 0 Å². The molecule has 1 aliphatic rings. The number of benzene rings is 1. The van der Waals surface area contributed by atoms with Gasteiger partial charge < -0.3 is 14.6 Å². The summed E-state index contributed by atoms with van der Waals surface area (Å²) in [7, 11) is 0. The Bertz CT molecular complexity index is 565. The monoisotopic (exact) mass is 319 g/mol. The summed E-state index contributed by atoms with van der Waals surface area (Å²) in [5, 5.41) is 4.23. The van der Waals surface area contributed by atoms with Crippen molar-refractivity contribution in [3.05, 3.63) is 53.4 Å². The summed E-state index contributed by atoms with van der Waals surface area (Å²) in [4.78, 5) is 4.90. The van der Waals surface area contributed by atoms with E-state index in [-0.39, 0.29) is 0 Å². The van der Waals surface area contributed by atoms with Gasteiger partial charge in [-0.25, -0.2) is 0 Å². The minimum absolute atomic E-state index is 0.801. The first kappa shape index (κ1) is 15.4. The van der Waals surface area contributed by atoms with Crippen LogP contribution in [0.1, 0.15) is 5.76 Å². The van der Waals surface area contributed by atoms with Crippen molar-refractivity contribution in [3.63, 3.8) is 0 Å². The van der Waals surface area contributed by atoms with Gasteiger partial charge in [-0.15, -0.1) is 0 Å². The lowest BCUT2D eigenvalue weighted by atomic mass is 10.2. The highest BCUT2D eigenvalue weighted by Gasteiger charge is 2.16. The maximum absolute atomic E-state index is 6.07. The average molecular weight is 320 g/mol. The predicted octanol–water partition coefficient (Wildman–Crippen LogP) is 2.84. The lowest BCUT2D eigenvalue weighted by Gasteiger charge is -2.36. The molecule has 22 heavy (non-hydrogen) atoms. The lowest BCUT2D eigenvalue weighted by Crippen LogP contribution is -2.48. The number of nitrogens with one attached hydrogen (secondary N) is 1. The van der Waals surface area contributed by atoms with E-state index in [0.717, 1.165) is 56.6 Å². The Balaban J connectivity index is 1.37. The zero-order valence-electron chi connectivity index (χ0n) is 12.7. The molecule has 1 aromatic carbocycles.